The summed E-state index contributed by atoms with van der Waals surface area (Å²) in [6, 6.07) is 0. The second-order valence-electron chi connectivity index (χ2n) is 5.69. The summed E-state index contributed by atoms with van der Waals surface area (Å²) in [5, 5.41) is 2.07. The third-order valence-electron chi connectivity index (χ3n) is 4.38. The van der Waals surface area contributed by atoms with Crippen LogP contribution in [0, 0.1) is 11.8 Å². The first-order valence-corrected chi connectivity index (χ1v) is 6.55. The number of hydrogen-bond donors (Lipinski definition) is 1. The van der Waals surface area contributed by atoms with Crippen molar-refractivity contribution in [2.24, 2.45) is 17.7 Å². The van der Waals surface area contributed by atoms with Crippen molar-refractivity contribution in [3.63, 3.8) is 0 Å². The molecule has 2 heteroatoms. The molecular weight excluding hydrogens is 208 g/mol. The summed E-state index contributed by atoms with van der Waals surface area (Å²) in [5.74, 6) is 7.38. The van der Waals surface area contributed by atoms with Gasteiger partial charge in [0.2, 0.25) is 0 Å². The Balaban J connectivity index is 2.57. The average Bonchev–Trinajstić information content (AvgIpc) is 2.54. The van der Waals surface area contributed by atoms with E-state index in [0.717, 1.165) is 13.0 Å². The molecule has 94 valence electrons. The van der Waals surface area contributed by atoms with Crippen molar-refractivity contribution >= 4 is 0 Å². The van der Waals surface area contributed by atoms with E-state index in [1.807, 2.05) is 0 Å². The number of allylic oxidation sites excluding steroid dienone is 4. The van der Waals surface area contributed by atoms with E-state index in [1.54, 1.807) is 0 Å². The number of hydrogen-bond acceptors (Lipinski definition) is 2. The summed E-state index contributed by atoms with van der Waals surface area (Å²) in [6.45, 7) is 9.93. The van der Waals surface area contributed by atoms with Gasteiger partial charge >= 0.3 is 0 Å². The van der Waals surface area contributed by atoms with E-state index in [4.69, 9.17) is 5.84 Å². The lowest BCUT2D eigenvalue weighted by atomic mass is 9.70. The Morgan fingerprint density at radius 3 is 2.76 bits per heavy atom. The number of nitrogens with two attached hydrogens (primary N) is 1. The van der Waals surface area contributed by atoms with Crippen LogP contribution in [0.4, 0.5) is 0 Å². The zero-order valence-electron chi connectivity index (χ0n) is 11.4. The lowest BCUT2D eigenvalue weighted by Gasteiger charge is -2.44. The van der Waals surface area contributed by atoms with Crippen molar-refractivity contribution in [3.05, 3.63) is 35.5 Å². The minimum Gasteiger partial charge on any atom is -0.268 e. The highest BCUT2D eigenvalue weighted by Crippen LogP contribution is 2.45. The fourth-order valence-corrected chi connectivity index (χ4v) is 3.72. The second kappa shape index (κ2) is 4.43. The maximum Gasteiger partial charge on any atom is 0.0646 e. The van der Waals surface area contributed by atoms with E-state index in [0.29, 0.717) is 11.8 Å². The molecule has 1 saturated heterocycles. The third-order valence-corrected chi connectivity index (χ3v) is 4.38. The first kappa shape index (κ1) is 12.6. The fourth-order valence-electron chi connectivity index (χ4n) is 3.72. The van der Waals surface area contributed by atoms with E-state index in [-0.39, 0.29) is 5.54 Å². The molecule has 0 bridgehead atoms. The van der Waals surface area contributed by atoms with Gasteiger partial charge in [-0.1, -0.05) is 49.3 Å². The highest BCUT2D eigenvalue weighted by molar-refractivity contribution is 5.37. The van der Waals surface area contributed by atoms with Crippen LogP contribution in [-0.2, 0) is 0 Å². The van der Waals surface area contributed by atoms with Gasteiger partial charge in [-0.15, -0.1) is 0 Å². The molecule has 1 fully saturated rings. The Bertz CT molecular complexity index is 390. The summed E-state index contributed by atoms with van der Waals surface area (Å²) in [4.78, 5) is 0. The molecule has 2 unspecified atom stereocenters. The molecule has 1 heterocycles. The fraction of sp³-hybridized carbons (Fsp3) is 0.600. The largest absolute Gasteiger partial charge is 0.268 e. The maximum absolute atomic E-state index is 6.32. The molecule has 0 amide bonds. The Morgan fingerprint density at radius 2 is 2.12 bits per heavy atom. The monoisotopic (exact) mass is 232 g/mol. The molecule has 0 aromatic carbocycles. The summed E-state index contributed by atoms with van der Waals surface area (Å²) in [7, 11) is 0. The van der Waals surface area contributed by atoms with Crippen molar-refractivity contribution in [1.82, 2.24) is 5.01 Å². The minimum atomic E-state index is 0.00597. The van der Waals surface area contributed by atoms with Gasteiger partial charge < -0.3 is 0 Å². The van der Waals surface area contributed by atoms with Gasteiger partial charge in [-0.25, -0.2) is 5.01 Å². The molecule has 1 aliphatic heterocycles. The van der Waals surface area contributed by atoms with Gasteiger partial charge in [-0.05, 0) is 26.2 Å². The van der Waals surface area contributed by atoms with Crippen molar-refractivity contribution in [3.8, 4) is 0 Å². The molecule has 2 aliphatic rings. The van der Waals surface area contributed by atoms with Crippen molar-refractivity contribution in [1.29, 1.82) is 0 Å². The molecule has 0 spiro atoms. The number of fused-ring (bicyclic) bond motifs is 1. The lowest BCUT2D eigenvalue weighted by Crippen LogP contribution is -2.56. The molecule has 2 nitrogen and oxygen atoms in total. The van der Waals surface area contributed by atoms with E-state index in [2.05, 4.69) is 57.0 Å². The Hall–Kier alpha value is -0.860. The van der Waals surface area contributed by atoms with Crippen molar-refractivity contribution in [2.75, 3.05) is 6.54 Å². The van der Waals surface area contributed by atoms with E-state index < -0.39 is 0 Å². The molecule has 17 heavy (non-hydrogen) atoms. The molecule has 2 N–H and O–H groups in total. The van der Waals surface area contributed by atoms with Crippen LogP contribution in [0.15, 0.2) is 35.5 Å². The Labute approximate surface area is 105 Å². The predicted molar refractivity (Wildman–Crippen MR) is 73.2 cm³/mol. The van der Waals surface area contributed by atoms with Gasteiger partial charge in [0.1, 0.15) is 0 Å². The molecule has 2 atom stereocenters. The summed E-state index contributed by atoms with van der Waals surface area (Å²) in [6.07, 6.45) is 10.2. The Kier molecular flexibility index (Phi) is 3.28. The molecule has 0 radical (unpaired) electrons. The second-order valence-corrected chi connectivity index (χ2v) is 5.69. The zero-order valence-corrected chi connectivity index (χ0v) is 11.4. The SMILES string of the molecule is CC1=C/C=CC2CCN(N)C2(C(C)C)\C(C)=C\1. The number of nitrogens with zero attached hydrogens (tertiary/aromatic N) is 1. The van der Waals surface area contributed by atoms with Gasteiger partial charge in [0.15, 0.2) is 0 Å². The zero-order chi connectivity index (χ0) is 12.6. The minimum absolute atomic E-state index is 0.00597. The quantitative estimate of drug-likeness (QED) is 0.704. The van der Waals surface area contributed by atoms with Gasteiger partial charge in [-0.2, -0.15) is 0 Å². The molecule has 0 aromatic rings. The van der Waals surface area contributed by atoms with E-state index in [9.17, 15) is 0 Å². The highest BCUT2D eigenvalue weighted by Gasteiger charge is 2.49. The van der Waals surface area contributed by atoms with Crippen LogP contribution in [0.5, 0.6) is 0 Å². The lowest BCUT2D eigenvalue weighted by molar-refractivity contribution is 0.102. The predicted octanol–water partition coefficient (Wildman–Crippen LogP) is 3.04. The van der Waals surface area contributed by atoms with Crippen molar-refractivity contribution < 1.29 is 0 Å². The molecular formula is C15H24N2. The first-order valence-electron chi connectivity index (χ1n) is 6.55. The van der Waals surface area contributed by atoms with Gasteiger partial charge in [0.05, 0.1) is 5.54 Å². The van der Waals surface area contributed by atoms with Crippen LogP contribution in [0.2, 0.25) is 0 Å². The van der Waals surface area contributed by atoms with Gasteiger partial charge in [0.25, 0.3) is 0 Å². The van der Waals surface area contributed by atoms with Crippen LogP contribution in [0.1, 0.15) is 34.1 Å². The standard InChI is InChI=1S/C15H24N2/c1-11(2)15-13(4)10-12(3)6-5-7-14(15)8-9-17(15)16/h5-7,10-11,14H,8-9,16H2,1-4H3/b7-5?,12-6-,13-10+. The van der Waals surface area contributed by atoms with Gasteiger partial charge in [-0.3, -0.25) is 5.84 Å². The molecule has 0 aromatic heterocycles. The topological polar surface area (TPSA) is 29.3 Å². The van der Waals surface area contributed by atoms with Crippen LogP contribution < -0.4 is 5.84 Å². The molecule has 2 rings (SSSR count). The molecule has 1 aliphatic carbocycles. The van der Waals surface area contributed by atoms with Crippen LogP contribution >= 0.6 is 0 Å². The third kappa shape index (κ3) is 1.80. The number of rotatable bonds is 1. The van der Waals surface area contributed by atoms with E-state index >= 15 is 0 Å². The van der Waals surface area contributed by atoms with Gasteiger partial charge in [0, 0.05) is 12.5 Å². The van der Waals surface area contributed by atoms with Crippen LogP contribution in [-0.4, -0.2) is 17.1 Å². The highest BCUT2D eigenvalue weighted by atomic mass is 15.5. The van der Waals surface area contributed by atoms with Crippen molar-refractivity contribution in [2.45, 2.75) is 39.7 Å². The smallest absolute Gasteiger partial charge is 0.0646 e. The van der Waals surface area contributed by atoms with Crippen LogP contribution in [0.3, 0.4) is 0 Å². The summed E-state index contributed by atoms with van der Waals surface area (Å²) in [5.41, 5.74) is 2.71. The van der Waals surface area contributed by atoms with Crippen LogP contribution in [0.25, 0.3) is 0 Å². The number of hydrazine groups is 1. The summed E-state index contributed by atoms with van der Waals surface area (Å²) >= 11 is 0. The van der Waals surface area contributed by atoms with E-state index in [1.165, 1.54) is 11.1 Å². The average molecular weight is 232 g/mol. The molecule has 0 saturated carbocycles. The maximum atomic E-state index is 6.32. The normalized spacial score (nSPS) is 40.2. The Morgan fingerprint density at radius 1 is 1.41 bits per heavy atom. The summed E-state index contributed by atoms with van der Waals surface area (Å²) < 4.78 is 0. The first-order chi connectivity index (χ1) is 7.99.